The van der Waals surface area contributed by atoms with Crippen molar-refractivity contribution in [3.63, 3.8) is 0 Å². The van der Waals surface area contributed by atoms with Crippen LogP contribution in [0, 0.1) is 0 Å². The smallest absolute Gasteiger partial charge is 0.264 e. The van der Waals surface area contributed by atoms with Crippen LogP contribution in [0.25, 0.3) is 0 Å². The van der Waals surface area contributed by atoms with Crippen molar-refractivity contribution in [2.24, 2.45) is 0 Å². The van der Waals surface area contributed by atoms with Crippen LogP contribution in [0.3, 0.4) is 0 Å². The van der Waals surface area contributed by atoms with Gasteiger partial charge in [0.25, 0.3) is 10.1 Å². The van der Waals surface area contributed by atoms with Gasteiger partial charge in [-0.2, -0.15) is 8.42 Å². The molecule has 0 rings (SSSR count). The van der Waals surface area contributed by atoms with E-state index in [0.717, 1.165) is 13.1 Å². The number of unbranched alkanes of at least 4 members (excludes halogenated alkanes) is 15. The van der Waals surface area contributed by atoms with Gasteiger partial charge in [-0.3, -0.25) is 4.55 Å². The number of hydrogen-bond donors (Lipinski definition) is 3. The van der Waals surface area contributed by atoms with Crippen molar-refractivity contribution in [1.29, 1.82) is 0 Å². The van der Waals surface area contributed by atoms with E-state index < -0.39 is 10.1 Å². The molecular weight excluding hydrogens is 374 g/mol. The van der Waals surface area contributed by atoms with E-state index in [0.29, 0.717) is 0 Å². The third-order valence-electron chi connectivity index (χ3n) is 4.86. The molecule has 0 aromatic heterocycles. The second-order valence-electron chi connectivity index (χ2n) is 7.65. The topological polar surface area (TPSA) is 86.6 Å². The molecule has 0 unspecified atom stereocenters. The maximum absolute atomic E-state index is 9.56. The maximum atomic E-state index is 9.56. The molecule has 0 heterocycles. The summed E-state index contributed by atoms with van der Waals surface area (Å²) in [6.07, 6.45) is 22.8. The van der Waals surface area contributed by atoms with E-state index in [4.69, 9.17) is 9.66 Å². The zero-order chi connectivity index (χ0) is 21.3. The average molecular weight is 424 g/mol. The van der Waals surface area contributed by atoms with E-state index in [9.17, 15) is 8.42 Å². The normalized spacial score (nSPS) is 11.3. The zero-order valence-electron chi connectivity index (χ0n) is 18.8. The van der Waals surface area contributed by atoms with Crippen molar-refractivity contribution in [2.45, 2.75) is 117 Å². The van der Waals surface area contributed by atoms with Gasteiger partial charge in [0.15, 0.2) is 0 Å². The minimum Gasteiger partial charge on any atom is -0.395 e. The van der Waals surface area contributed by atoms with Crippen LogP contribution in [0.4, 0.5) is 0 Å². The Morgan fingerprint density at radius 2 is 0.929 bits per heavy atom. The Kier molecular flexibility index (Phi) is 26.7. The highest BCUT2D eigenvalue weighted by Crippen LogP contribution is 2.13. The summed E-state index contributed by atoms with van der Waals surface area (Å²) in [5, 5.41) is 11.9. The van der Waals surface area contributed by atoms with E-state index in [1.807, 2.05) is 0 Å². The van der Waals surface area contributed by atoms with Crippen LogP contribution >= 0.6 is 0 Å². The first kappa shape index (κ1) is 30.0. The minimum absolute atomic E-state index is 0.201. The Balaban J connectivity index is 0. The van der Waals surface area contributed by atoms with E-state index >= 15 is 0 Å². The highest BCUT2D eigenvalue weighted by Gasteiger charge is 1.95. The van der Waals surface area contributed by atoms with Gasteiger partial charge in [0.05, 0.1) is 12.4 Å². The third kappa shape index (κ3) is 33.4. The third-order valence-corrected chi connectivity index (χ3v) is 5.59. The lowest BCUT2D eigenvalue weighted by Gasteiger charge is -2.04. The summed E-state index contributed by atoms with van der Waals surface area (Å²) in [5.41, 5.74) is 0. The largest absolute Gasteiger partial charge is 0.395 e. The molecule has 0 aromatic rings. The minimum atomic E-state index is -3.66. The van der Waals surface area contributed by atoms with Crippen LogP contribution in [-0.4, -0.2) is 43.5 Å². The molecule has 6 heteroatoms. The van der Waals surface area contributed by atoms with Crippen molar-refractivity contribution in [3.05, 3.63) is 0 Å². The summed E-state index contributed by atoms with van der Waals surface area (Å²) in [6.45, 7) is 5.74. The van der Waals surface area contributed by atoms with Gasteiger partial charge in [-0.25, -0.2) is 0 Å². The van der Waals surface area contributed by atoms with Crippen molar-refractivity contribution >= 4 is 10.1 Å². The van der Waals surface area contributed by atoms with Crippen LogP contribution in [0.15, 0.2) is 0 Å². The monoisotopic (exact) mass is 423 g/mol. The van der Waals surface area contributed by atoms with Gasteiger partial charge in [0, 0.05) is 6.54 Å². The van der Waals surface area contributed by atoms with Crippen LogP contribution in [0.2, 0.25) is 0 Å². The Morgan fingerprint density at radius 3 is 1.21 bits per heavy atom. The summed E-state index contributed by atoms with van der Waals surface area (Å²) in [5.74, 6) is -0.201. The number of hydrogen-bond acceptors (Lipinski definition) is 4. The van der Waals surface area contributed by atoms with Crippen LogP contribution in [0.5, 0.6) is 0 Å². The first-order chi connectivity index (χ1) is 13.5. The second kappa shape index (κ2) is 24.9. The molecule has 0 aliphatic carbocycles. The highest BCUT2D eigenvalue weighted by molar-refractivity contribution is 7.85. The van der Waals surface area contributed by atoms with Crippen molar-refractivity contribution in [1.82, 2.24) is 5.32 Å². The summed E-state index contributed by atoms with van der Waals surface area (Å²) >= 11 is 0. The fraction of sp³-hybridized carbons (Fsp3) is 1.00. The number of aliphatic hydroxyl groups excluding tert-OH is 1. The average Bonchev–Trinajstić information content (AvgIpc) is 2.67. The van der Waals surface area contributed by atoms with Gasteiger partial charge in [-0.05, 0) is 19.9 Å². The van der Waals surface area contributed by atoms with Gasteiger partial charge in [0.2, 0.25) is 0 Å². The van der Waals surface area contributed by atoms with Crippen LogP contribution in [-0.2, 0) is 10.1 Å². The van der Waals surface area contributed by atoms with Gasteiger partial charge in [0.1, 0.15) is 0 Å². The lowest BCUT2D eigenvalue weighted by atomic mass is 10.0. The fourth-order valence-electron chi connectivity index (χ4n) is 3.00. The van der Waals surface area contributed by atoms with Crippen LogP contribution < -0.4 is 5.32 Å². The van der Waals surface area contributed by atoms with Crippen molar-refractivity contribution in [3.8, 4) is 0 Å². The standard InChI is InChI=1S/C20H43NO.C2H6O3S/c1-2-3-4-5-6-7-8-9-10-11-12-13-14-15-16-17-18-21-19-20-22;1-2-6(3,4)5/h21-22H,2-20H2,1H3;2H2,1H3,(H,3,4,5). The molecule has 0 bridgehead atoms. The van der Waals surface area contributed by atoms with E-state index in [2.05, 4.69) is 12.2 Å². The number of rotatable bonds is 20. The van der Waals surface area contributed by atoms with Gasteiger partial charge >= 0.3 is 0 Å². The molecule has 0 fully saturated rings. The molecule has 0 saturated carbocycles. The molecule has 5 nitrogen and oxygen atoms in total. The quantitative estimate of drug-likeness (QED) is 0.172. The molecule has 28 heavy (non-hydrogen) atoms. The van der Waals surface area contributed by atoms with Gasteiger partial charge < -0.3 is 10.4 Å². The Labute approximate surface area is 175 Å². The second-order valence-corrected chi connectivity index (χ2v) is 9.39. The van der Waals surface area contributed by atoms with Gasteiger partial charge in [-0.1, -0.05) is 103 Å². The number of aliphatic hydroxyl groups is 1. The van der Waals surface area contributed by atoms with Gasteiger partial charge in [-0.15, -0.1) is 0 Å². The SMILES string of the molecule is CCCCCCCCCCCCCCCCCCNCCO.CCS(=O)(=O)O. The Morgan fingerprint density at radius 1 is 0.607 bits per heavy atom. The lowest BCUT2D eigenvalue weighted by molar-refractivity contribution is 0.292. The Bertz CT molecular complexity index is 355. The molecule has 0 aliphatic rings. The molecule has 0 spiro atoms. The molecule has 0 radical (unpaired) electrons. The Hall–Kier alpha value is -0.170. The molecule has 0 aliphatic heterocycles. The predicted octanol–water partition coefficient (Wildman–Crippen LogP) is 5.72. The molecule has 0 atom stereocenters. The zero-order valence-corrected chi connectivity index (χ0v) is 19.6. The first-order valence-electron chi connectivity index (χ1n) is 11.7. The number of nitrogens with one attached hydrogen (secondary N) is 1. The van der Waals surface area contributed by atoms with Crippen molar-refractivity contribution < 1.29 is 18.1 Å². The summed E-state index contributed by atoms with van der Waals surface area (Å²) in [4.78, 5) is 0. The predicted molar refractivity (Wildman–Crippen MR) is 122 cm³/mol. The molecule has 0 saturated heterocycles. The van der Waals surface area contributed by atoms with E-state index in [-0.39, 0.29) is 12.4 Å². The maximum Gasteiger partial charge on any atom is 0.264 e. The lowest BCUT2D eigenvalue weighted by Crippen LogP contribution is -2.19. The summed E-state index contributed by atoms with van der Waals surface area (Å²) < 4.78 is 26.9. The van der Waals surface area contributed by atoms with Crippen molar-refractivity contribution in [2.75, 3.05) is 25.4 Å². The fourth-order valence-corrected chi connectivity index (χ4v) is 3.00. The molecule has 3 N–H and O–H groups in total. The molecular formula is C22H49NO4S. The summed E-state index contributed by atoms with van der Waals surface area (Å²) in [7, 11) is -3.66. The molecule has 0 amide bonds. The molecule has 172 valence electrons. The first-order valence-corrected chi connectivity index (χ1v) is 13.4. The molecule has 0 aromatic carbocycles. The highest BCUT2D eigenvalue weighted by atomic mass is 32.2. The summed E-state index contributed by atoms with van der Waals surface area (Å²) in [6, 6.07) is 0. The van der Waals surface area contributed by atoms with E-state index in [1.165, 1.54) is 110 Å². The van der Waals surface area contributed by atoms with Crippen LogP contribution in [0.1, 0.15) is 117 Å². The van der Waals surface area contributed by atoms with E-state index in [1.54, 1.807) is 0 Å².